The van der Waals surface area contributed by atoms with E-state index in [9.17, 15) is 9.59 Å². The summed E-state index contributed by atoms with van der Waals surface area (Å²) in [5.41, 5.74) is 3.41. The molecule has 2 atom stereocenters. The average Bonchev–Trinajstić information content (AvgIpc) is 3.59. The first-order valence-corrected chi connectivity index (χ1v) is 16.0. The maximum Gasteiger partial charge on any atom is 0.439 e. The van der Waals surface area contributed by atoms with Crippen molar-refractivity contribution in [3.05, 3.63) is 40.1 Å². The number of anilines is 1. The second-order valence-corrected chi connectivity index (χ2v) is 12.9. The highest BCUT2D eigenvalue weighted by atomic mass is 35.5. The van der Waals surface area contributed by atoms with Gasteiger partial charge in [0.15, 0.2) is 0 Å². The van der Waals surface area contributed by atoms with Gasteiger partial charge in [0.2, 0.25) is 11.8 Å². The molecule has 2 amide bonds. The number of urea groups is 1. The second-order valence-electron chi connectivity index (χ2n) is 12.4. The molecule has 13 heteroatoms. The second kappa shape index (κ2) is 12.6. The van der Waals surface area contributed by atoms with Crippen LogP contribution in [0.4, 0.5) is 10.7 Å². The van der Waals surface area contributed by atoms with E-state index >= 15 is 0 Å². The minimum absolute atomic E-state index is 0.0173. The lowest BCUT2D eigenvalue weighted by Gasteiger charge is -2.45. The minimum Gasteiger partial charge on any atom is -0.338 e. The normalized spacial score (nSPS) is 22.5. The lowest BCUT2D eigenvalue weighted by atomic mass is 9.83. The van der Waals surface area contributed by atoms with E-state index in [1.54, 1.807) is 12.4 Å². The van der Waals surface area contributed by atoms with Gasteiger partial charge in [-0.25, -0.2) is 19.6 Å². The predicted molar refractivity (Wildman–Crippen MR) is 170 cm³/mol. The molecule has 0 spiro atoms. The first-order chi connectivity index (χ1) is 21.2. The van der Waals surface area contributed by atoms with Crippen LogP contribution in [-0.4, -0.2) is 72.3 Å². The van der Waals surface area contributed by atoms with E-state index in [0.717, 1.165) is 54.3 Å². The molecule has 5 heterocycles. The van der Waals surface area contributed by atoms with E-state index in [0.29, 0.717) is 42.0 Å². The topological polar surface area (TPSA) is 138 Å². The largest absolute Gasteiger partial charge is 0.439 e. The van der Waals surface area contributed by atoms with Crippen molar-refractivity contribution in [2.45, 2.75) is 78.4 Å². The van der Waals surface area contributed by atoms with Gasteiger partial charge in [0, 0.05) is 56.2 Å². The van der Waals surface area contributed by atoms with Gasteiger partial charge in [-0.15, -0.1) is 0 Å². The monoisotopic (exact) mass is 621 g/mol. The van der Waals surface area contributed by atoms with E-state index in [2.05, 4.69) is 57.6 Å². The predicted octanol–water partition coefficient (Wildman–Crippen LogP) is 5.33. The average molecular weight is 622 g/mol. The van der Waals surface area contributed by atoms with Crippen LogP contribution in [0.15, 0.2) is 33.8 Å². The number of nitrogens with zero attached hydrogens (tertiary/aromatic N) is 7. The first kappa shape index (κ1) is 30.1. The number of hydrogen-bond donors (Lipinski definition) is 2. The number of halogens is 1. The zero-order valence-electron chi connectivity index (χ0n) is 25.7. The number of aromatic nitrogens is 6. The number of amides is 2. The number of aromatic amines is 1. The Morgan fingerprint density at radius 3 is 2.50 bits per heavy atom. The van der Waals surface area contributed by atoms with Gasteiger partial charge in [-0.2, -0.15) is 0 Å². The molecule has 2 fully saturated rings. The Bertz CT molecular complexity index is 1680. The van der Waals surface area contributed by atoms with Crippen molar-refractivity contribution in [1.29, 1.82) is 0 Å². The summed E-state index contributed by atoms with van der Waals surface area (Å²) >= 11 is 6.42. The Morgan fingerprint density at radius 2 is 1.84 bits per heavy atom. The highest BCUT2D eigenvalue weighted by Crippen LogP contribution is 2.38. The molecular weight excluding hydrogens is 582 g/mol. The standard InChI is InChI=1S/C31H40ClN9O3/c1-5-10-34-30(42)39-15-19(3)41(20(4)16-39)29-36-24-12-25(28-37-31(43)44-38-28)35-26(22-11-23(32)14-33-13-22)27(24)40(29)17-21-8-6-18(2)7-9-21/h11-14,18-21H,5-10,15-17H2,1-4H3,(H,34,42)(H,37,38,43)/t18?,19-,20-,21?/m1/s1. The third-order valence-corrected chi connectivity index (χ3v) is 9.11. The van der Waals surface area contributed by atoms with Gasteiger partial charge in [0.25, 0.3) is 0 Å². The smallest absolute Gasteiger partial charge is 0.338 e. The van der Waals surface area contributed by atoms with Gasteiger partial charge in [-0.1, -0.05) is 43.4 Å². The number of carbonyl (C=O) groups excluding carboxylic acids is 1. The lowest BCUT2D eigenvalue weighted by molar-refractivity contribution is 0.175. The van der Waals surface area contributed by atoms with Gasteiger partial charge < -0.3 is 19.7 Å². The van der Waals surface area contributed by atoms with Crippen LogP contribution >= 0.6 is 11.6 Å². The number of piperazine rings is 1. The van der Waals surface area contributed by atoms with Gasteiger partial charge >= 0.3 is 11.8 Å². The van der Waals surface area contributed by atoms with E-state index < -0.39 is 5.76 Å². The summed E-state index contributed by atoms with van der Waals surface area (Å²) in [6.45, 7) is 11.3. The first-order valence-electron chi connectivity index (χ1n) is 15.6. The van der Waals surface area contributed by atoms with Crippen LogP contribution in [0.5, 0.6) is 0 Å². The fourth-order valence-electron chi connectivity index (χ4n) is 6.71. The Morgan fingerprint density at radius 1 is 1.09 bits per heavy atom. The van der Waals surface area contributed by atoms with Crippen molar-refractivity contribution in [3.63, 3.8) is 0 Å². The summed E-state index contributed by atoms with van der Waals surface area (Å²) in [4.78, 5) is 46.2. The molecule has 0 radical (unpaired) electrons. The molecule has 1 aliphatic carbocycles. The quantitative estimate of drug-likeness (QED) is 0.282. The van der Waals surface area contributed by atoms with Gasteiger partial charge in [-0.05, 0) is 57.1 Å². The molecule has 12 nitrogen and oxygen atoms in total. The zero-order valence-corrected chi connectivity index (χ0v) is 26.5. The van der Waals surface area contributed by atoms with Crippen molar-refractivity contribution >= 4 is 34.6 Å². The van der Waals surface area contributed by atoms with Crippen molar-refractivity contribution in [1.82, 2.24) is 39.9 Å². The minimum atomic E-state index is -0.658. The van der Waals surface area contributed by atoms with Crippen LogP contribution in [0, 0.1) is 11.8 Å². The van der Waals surface area contributed by atoms with E-state index in [1.807, 2.05) is 17.0 Å². The number of fused-ring (bicyclic) bond motifs is 1. The third-order valence-electron chi connectivity index (χ3n) is 8.91. The van der Waals surface area contributed by atoms with E-state index in [4.69, 9.17) is 26.1 Å². The van der Waals surface area contributed by atoms with Gasteiger partial charge in [0.1, 0.15) is 5.69 Å². The molecule has 0 aromatic carbocycles. The van der Waals surface area contributed by atoms with Crippen molar-refractivity contribution in [2.24, 2.45) is 11.8 Å². The molecular formula is C31H40ClN9O3. The molecule has 6 rings (SSSR count). The number of imidazole rings is 1. The van der Waals surface area contributed by atoms with E-state index in [1.165, 1.54) is 12.8 Å². The number of rotatable bonds is 7. The number of nitrogens with one attached hydrogen (secondary N) is 2. The fourth-order valence-corrected chi connectivity index (χ4v) is 6.89. The third kappa shape index (κ3) is 6.04. The van der Waals surface area contributed by atoms with Crippen LogP contribution in [-0.2, 0) is 6.54 Å². The molecule has 4 aromatic heterocycles. The Hall–Kier alpha value is -3.93. The molecule has 1 saturated carbocycles. The maximum atomic E-state index is 12.9. The van der Waals surface area contributed by atoms with Crippen molar-refractivity contribution < 1.29 is 9.32 Å². The van der Waals surface area contributed by atoms with Crippen LogP contribution in [0.1, 0.15) is 59.8 Å². The number of carbonyl (C=O) groups is 1. The fraction of sp³-hybridized carbons (Fsp3) is 0.548. The molecule has 1 aliphatic heterocycles. The SMILES string of the molecule is CCCNC(=O)N1C[C@@H](C)N(c2nc3cc(-c4noc(=O)[nH]4)nc(-c4cncc(Cl)c4)c3n2CC2CCC(C)CC2)[C@H](C)C1. The summed E-state index contributed by atoms with van der Waals surface area (Å²) in [6.07, 6.45) is 8.93. The number of pyridine rings is 2. The van der Waals surface area contributed by atoms with Gasteiger partial charge in [0.05, 0.1) is 21.7 Å². The Balaban J connectivity index is 1.50. The summed E-state index contributed by atoms with van der Waals surface area (Å²) < 4.78 is 7.12. The molecule has 44 heavy (non-hydrogen) atoms. The van der Waals surface area contributed by atoms with Crippen molar-refractivity contribution in [3.8, 4) is 22.8 Å². The van der Waals surface area contributed by atoms with Crippen LogP contribution in [0.25, 0.3) is 33.8 Å². The number of hydrogen-bond acceptors (Lipinski definition) is 8. The molecule has 0 bridgehead atoms. The van der Waals surface area contributed by atoms with Crippen molar-refractivity contribution in [2.75, 3.05) is 24.5 Å². The Kier molecular flexibility index (Phi) is 8.61. The molecule has 234 valence electrons. The summed E-state index contributed by atoms with van der Waals surface area (Å²) in [5.74, 6) is 1.63. The van der Waals surface area contributed by atoms with E-state index in [-0.39, 0.29) is 23.9 Å². The molecule has 2 aliphatic rings. The summed E-state index contributed by atoms with van der Waals surface area (Å²) in [6, 6.07) is 3.69. The molecule has 1 saturated heterocycles. The summed E-state index contributed by atoms with van der Waals surface area (Å²) in [7, 11) is 0. The highest BCUT2D eigenvalue weighted by Gasteiger charge is 2.36. The highest BCUT2D eigenvalue weighted by molar-refractivity contribution is 6.30. The molecule has 2 N–H and O–H groups in total. The lowest BCUT2D eigenvalue weighted by Crippen LogP contribution is -2.60. The summed E-state index contributed by atoms with van der Waals surface area (Å²) in [5, 5.41) is 7.42. The number of H-pyrrole nitrogens is 1. The molecule has 4 aromatic rings. The molecule has 0 unspecified atom stereocenters. The zero-order chi connectivity index (χ0) is 31.0. The Labute approximate surface area is 261 Å². The maximum absolute atomic E-state index is 12.9. The van der Waals surface area contributed by atoms with Crippen LogP contribution in [0.2, 0.25) is 5.02 Å². The van der Waals surface area contributed by atoms with Gasteiger partial charge in [-0.3, -0.25) is 14.5 Å². The van der Waals surface area contributed by atoms with Crippen LogP contribution in [0.3, 0.4) is 0 Å². The van der Waals surface area contributed by atoms with Crippen LogP contribution < -0.4 is 16.0 Å².